The van der Waals surface area contributed by atoms with Crippen LogP contribution in [0.2, 0.25) is 5.15 Å². The van der Waals surface area contributed by atoms with E-state index in [4.69, 9.17) is 20.6 Å². The van der Waals surface area contributed by atoms with Crippen LogP contribution in [-0.2, 0) is 20.7 Å². The van der Waals surface area contributed by atoms with Crippen molar-refractivity contribution in [1.82, 2.24) is 15.1 Å². The van der Waals surface area contributed by atoms with Crippen molar-refractivity contribution in [1.29, 1.82) is 0 Å². The minimum Gasteiger partial charge on any atom is -0.334 e. The molecule has 1 aromatic carbocycles. The fourth-order valence-electron chi connectivity index (χ4n) is 2.69. The van der Waals surface area contributed by atoms with E-state index in [1.807, 2.05) is 19.9 Å². The van der Waals surface area contributed by atoms with Gasteiger partial charge >= 0.3 is 7.60 Å². The summed E-state index contributed by atoms with van der Waals surface area (Å²) in [6, 6.07) is 9.01. The number of hydrogen-bond acceptors (Lipinski definition) is 5. The highest BCUT2D eigenvalue weighted by molar-refractivity contribution is 7.54. The lowest BCUT2D eigenvalue weighted by molar-refractivity contribution is 0.0935. The Morgan fingerprint density at radius 1 is 1.21 bits per heavy atom. The largest absolute Gasteiger partial charge is 0.357 e. The first-order chi connectivity index (χ1) is 13.3. The molecule has 9 heteroatoms. The third-order valence-corrected chi connectivity index (χ3v) is 6.61. The minimum absolute atomic E-state index is 0.209. The van der Waals surface area contributed by atoms with E-state index in [1.54, 1.807) is 38.2 Å². The van der Waals surface area contributed by atoms with Crippen LogP contribution in [0.4, 0.5) is 0 Å². The molecule has 0 saturated heterocycles. The molecule has 1 heterocycles. The third kappa shape index (κ3) is 5.23. The predicted molar refractivity (Wildman–Crippen MR) is 110 cm³/mol. The Morgan fingerprint density at radius 3 is 2.25 bits per heavy atom. The minimum atomic E-state index is -3.68. The molecule has 0 fully saturated rings. The van der Waals surface area contributed by atoms with E-state index < -0.39 is 19.3 Å². The van der Waals surface area contributed by atoms with Gasteiger partial charge < -0.3 is 14.4 Å². The number of carbonyl (C=O) groups is 1. The standard InChI is InChI=1S/C19H27ClN3O4P/c1-5-12-26-28(25,27-13-6-2)19(15-10-8-7-9-11-15)21-18(24)16-14(3)22-23(4)17(16)20/h7-11,19H,5-6,12-13H2,1-4H3,(H,21,24). The van der Waals surface area contributed by atoms with E-state index in [0.717, 1.165) is 0 Å². The van der Waals surface area contributed by atoms with E-state index in [-0.39, 0.29) is 23.9 Å². The molecule has 0 bridgehead atoms. The molecule has 0 radical (unpaired) electrons. The van der Waals surface area contributed by atoms with Gasteiger partial charge in [-0.3, -0.25) is 14.0 Å². The van der Waals surface area contributed by atoms with E-state index >= 15 is 0 Å². The summed E-state index contributed by atoms with van der Waals surface area (Å²) in [5.41, 5.74) is 1.35. The van der Waals surface area contributed by atoms with E-state index in [1.165, 1.54) is 4.68 Å². The van der Waals surface area contributed by atoms with Crippen molar-refractivity contribution in [3.8, 4) is 0 Å². The summed E-state index contributed by atoms with van der Waals surface area (Å²) < 4.78 is 26.4. The lowest BCUT2D eigenvalue weighted by atomic mass is 10.2. The van der Waals surface area contributed by atoms with Gasteiger partial charge in [0.15, 0.2) is 5.78 Å². The van der Waals surface area contributed by atoms with E-state index in [9.17, 15) is 9.36 Å². The van der Waals surface area contributed by atoms with Crippen molar-refractivity contribution >= 4 is 25.1 Å². The monoisotopic (exact) mass is 427 g/mol. The smallest absolute Gasteiger partial charge is 0.334 e. The molecule has 0 saturated carbocycles. The van der Waals surface area contributed by atoms with Gasteiger partial charge in [0.1, 0.15) is 5.15 Å². The number of nitrogens with one attached hydrogen (secondary N) is 1. The fourth-order valence-corrected chi connectivity index (χ4v) is 5.01. The summed E-state index contributed by atoms with van der Waals surface area (Å²) in [5.74, 6) is -1.44. The molecule has 2 rings (SSSR count). The maximum atomic E-state index is 13.7. The Labute approximate surface area is 170 Å². The van der Waals surface area contributed by atoms with Crippen LogP contribution < -0.4 is 5.32 Å². The van der Waals surface area contributed by atoms with Crippen molar-refractivity contribution in [2.24, 2.45) is 7.05 Å². The molecule has 1 N–H and O–H groups in total. The molecule has 1 aromatic heterocycles. The molecule has 0 aliphatic rings. The lowest BCUT2D eigenvalue weighted by Gasteiger charge is -2.28. The van der Waals surface area contributed by atoms with Crippen LogP contribution in [0, 0.1) is 6.92 Å². The average molecular weight is 428 g/mol. The summed E-state index contributed by atoms with van der Waals surface area (Å²) in [7, 11) is -2.03. The Hall–Kier alpha value is -1.66. The Morgan fingerprint density at radius 2 is 1.79 bits per heavy atom. The number of rotatable bonds is 10. The van der Waals surface area contributed by atoms with Crippen molar-refractivity contribution in [3.63, 3.8) is 0 Å². The van der Waals surface area contributed by atoms with Crippen LogP contribution in [0.3, 0.4) is 0 Å². The fraction of sp³-hybridized carbons (Fsp3) is 0.474. The number of halogens is 1. The zero-order valence-electron chi connectivity index (χ0n) is 16.6. The van der Waals surface area contributed by atoms with Gasteiger partial charge in [-0.05, 0) is 25.3 Å². The number of hydrogen-bond donors (Lipinski definition) is 1. The van der Waals surface area contributed by atoms with Crippen molar-refractivity contribution in [2.75, 3.05) is 13.2 Å². The molecular weight excluding hydrogens is 401 g/mol. The number of amides is 1. The van der Waals surface area contributed by atoms with Gasteiger partial charge in [-0.1, -0.05) is 55.8 Å². The lowest BCUT2D eigenvalue weighted by Crippen LogP contribution is -2.30. The van der Waals surface area contributed by atoms with Gasteiger partial charge in [0.2, 0.25) is 0 Å². The molecular formula is C19H27ClN3O4P. The molecule has 28 heavy (non-hydrogen) atoms. The van der Waals surface area contributed by atoms with Crippen LogP contribution in [0.25, 0.3) is 0 Å². The number of nitrogens with zero attached hydrogens (tertiary/aromatic N) is 2. The number of aryl methyl sites for hydroxylation is 2. The highest BCUT2D eigenvalue weighted by Gasteiger charge is 2.39. The normalized spacial score (nSPS) is 12.8. The van der Waals surface area contributed by atoms with Crippen molar-refractivity contribution < 1.29 is 18.4 Å². The maximum absolute atomic E-state index is 13.7. The molecule has 0 aliphatic carbocycles. The third-order valence-electron chi connectivity index (χ3n) is 4.03. The number of carbonyl (C=O) groups excluding carboxylic acids is 1. The van der Waals surface area contributed by atoms with Gasteiger partial charge in [0.25, 0.3) is 5.91 Å². The van der Waals surface area contributed by atoms with Gasteiger partial charge in [0, 0.05) is 7.05 Å². The first-order valence-corrected chi connectivity index (χ1v) is 11.3. The topological polar surface area (TPSA) is 82.4 Å². The second-order valence-corrected chi connectivity index (χ2v) is 8.84. The molecule has 0 spiro atoms. The zero-order chi connectivity index (χ0) is 20.7. The van der Waals surface area contributed by atoms with Crippen LogP contribution >= 0.6 is 19.2 Å². The van der Waals surface area contributed by atoms with Gasteiger partial charge in [-0.15, -0.1) is 0 Å². The first-order valence-electron chi connectivity index (χ1n) is 9.27. The van der Waals surface area contributed by atoms with Crippen LogP contribution in [-0.4, -0.2) is 28.9 Å². The number of aromatic nitrogens is 2. The molecule has 7 nitrogen and oxygen atoms in total. The number of benzene rings is 1. The zero-order valence-corrected chi connectivity index (χ0v) is 18.3. The van der Waals surface area contributed by atoms with E-state index in [2.05, 4.69) is 10.4 Å². The van der Waals surface area contributed by atoms with E-state index in [0.29, 0.717) is 24.1 Å². The van der Waals surface area contributed by atoms with Crippen LogP contribution in [0.15, 0.2) is 30.3 Å². The molecule has 1 atom stereocenters. The van der Waals surface area contributed by atoms with Crippen LogP contribution in [0.1, 0.15) is 54.1 Å². The molecule has 1 unspecified atom stereocenters. The van der Waals surface area contributed by atoms with Crippen LogP contribution in [0.5, 0.6) is 0 Å². The molecule has 1 amide bonds. The van der Waals surface area contributed by atoms with Crippen molar-refractivity contribution in [3.05, 3.63) is 52.3 Å². The average Bonchev–Trinajstić information content (AvgIpc) is 2.95. The SMILES string of the molecule is CCCOP(=O)(OCCC)C(NC(=O)c1c(C)nn(C)c1Cl)c1ccccc1. The predicted octanol–water partition coefficient (Wildman–Crippen LogP) is 4.86. The first kappa shape index (κ1) is 22.6. The highest BCUT2D eigenvalue weighted by Crippen LogP contribution is 2.60. The van der Waals surface area contributed by atoms with Gasteiger partial charge in [-0.2, -0.15) is 5.10 Å². The summed E-state index contributed by atoms with van der Waals surface area (Å²) in [4.78, 5) is 13.0. The van der Waals surface area contributed by atoms with Crippen molar-refractivity contribution in [2.45, 2.75) is 39.4 Å². The summed E-state index contributed by atoms with van der Waals surface area (Å²) in [5, 5.41) is 7.19. The summed E-state index contributed by atoms with van der Waals surface area (Å²) in [6.07, 6.45) is 1.34. The summed E-state index contributed by atoms with van der Waals surface area (Å²) >= 11 is 6.23. The highest BCUT2D eigenvalue weighted by atomic mass is 35.5. The van der Waals surface area contributed by atoms with Gasteiger partial charge in [0.05, 0.1) is 24.5 Å². The molecule has 154 valence electrons. The Balaban J connectivity index is 2.43. The second kappa shape index (κ2) is 10.2. The molecule has 0 aliphatic heterocycles. The Bertz CT molecular complexity index is 829. The summed E-state index contributed by atoms with van der Waals surface area (Å²) in [6.45, 7) is 6.04. The second-order valence-electron chi connectivity index (χ2n) is 6.37. The quantitative estimate of drug-likeness (QED) is 0.547. The maximum Gasteiger partial charge on any atom is 0.357 e. The Kier molecular flexibility index (Phi) is 8.25. The molecule has 2 aromatic rings. The van der Waals surface area contributed by atoms with Gasteiger partial charge in [-0.25, -0.2) is 0 Å².